The Morgan fingerprint density at radius 2 is 2.00 bits per heavy atom. The highest BCUT2D eigenvalue weighted by atomic mass is 16.5. The van der Waals surface area contributed by atoms with Gasteiger partial charge in [0.2, 0.25) is 0 Å². The Labute approximate surface area is 89.1 Å². The third-order valence-corrected chi connectivity index (χ3v) is 2.20. The number of hydrogen-bond acceptors (Lipinski definition) is 2. The molecule has 0 amide bonds. The van der Waals surface area contributed by atoms with E-state index in [4.69, 9.17) is 10.5 Å². The highest BCUT2D eigenvalue weighted by Gasteiger charge is 2.01. The Hall–Kier alpha value is -1.90. The molecule has 2 aromatic rings. The average Bonchev–Trinajstić information content (AvgIpc) is 2.74. The first-order chi connectivity index (χ1) is 7.31. The number of ether oxygens (including phenoxy) is 1. The van der Waals surface area contributed by atoms with Crippen molar-refractivity contribution in [2.24, 2.45) is 0 Å². The first-order valence-corrected chi connectivity index (χ1v) is 4.97. The smallest absolute Gasteiger partial charge is 0.142 e. The molecule has 0 saturated heterocycles. The second-order valence-corrected chi connectivity index (χ2v) is 3.25. The summed E-state index contributed by atoms with van der Waals surface area (Å²) in [6, 6.07) is 9.75. The van der Waals surface area contributed by atoms with Gasteiger partial charge in [-0.15, -0.1) is 0 Å². The van der Waals surface area contributed by atoms with Crippen molar-refractivity contribution >= 4 is 5.69 Å². The maximum atomic E-state index is 5.88. The minimum atomic E-state index is 0.632. The molecule has 0 aliphatic rings. The summed E-state index contributed by atoms with van der Waals surface area (Å²) >= 11 is 0. The van der Waals surface area contributed by atoms with Crippen molar-refractivity contribution in [2.45, 2.75) is 6.92 Å². The molecular formula is C12H14N2O. The van der Waals surface area contributed by atoms with Crippen LogP contribution in [0.4, 0.5) is 5.69 Å². The second-order valence-electron chi connectivity index (χ2n) is 3.25. The van der Waals surface area contributed by atoms with Crippen LogP contribution in [0, 0.1) is 0 Å². The molecule has 0 bridgehead atoms. The molecule has 78 valence electrons. The molecule has 0 aliphatic carbocycles. The first kappa shape index (κ1) is 9.65. The van der Waals surface area contributed by atoms with Crippen molar-refractivity contribution < 1.29 is 4.74 Å². The van der Waals surface area contributed by atoms with Gasteiger partial charge in [0.05, 0.1) is 12.3 Å². The van der Waals surface area contributed by atoms with Gasteiger partial charge in [0, 0.05) is 18.1 Å². The van der Waals surface area contributed by atoms with Crippen LogP contribution in [-0.2, 0) is 0 Å². The summed E-state index contributed by atoms with van der Waals surface area (Å²) in [6.45, 7) is 2.58. The van der Waals surface area contributed by atoms with E-state index in [9.17, 15) is 0 Å². The zero-order chi connectivity index (χ0) is 10.7. The Bertz CT molecular complexity index is 435. The Kier molecular flexibility index (Phi) is 2.63. The fourth-order valence-electron chi connectivity index (χ4n) is 1.49. The van der Waals surface area contributed by atoms with Crippen LogP contribution >= 0.6 is 0 Å². The molecule has 0 fully saturated rings. The summed E-state index contributed by atoms with van der Waals surface area (Å²) < 4.78 is 7.38. The molecule has 2 rings (SSSR count). The Balaban J connectivity index is 2.33. The van der Waals surface area contributed by atoms with Gasteiger partial charge in [-0.1, -0.05) is 0 Å². The molecule has 3 nitrogen and oxygen atoms in total. The predicted octanol–water partition coefficient (Wildman–Crippen LogP) is 2.46. The minimum absolute atomic E-state index is 0.632. The van der Waals surface area contributed by atoms with Gasteiger partial charge in [0.25, 0.3) is 0 Å². The largest absolute Gasteiger partial charge is 0.492 e. The molecule has 0 atom stereocenters. The van der Waals surface area contributed by atoms with Crippen LogP contribution in [0.2, 0.25) is 0 Å². The van der Waals surface area contributed by atoms with Gasteiger partial charge in [-0.2, -0.15) is 0 Å². The third-order valence-electron chi connectivity index (χ3n) is 2.20. The number of anilines is 1. The summed E-state index contributed by atoms with van der Waals surface area (Å²) in [5.41, 5.74) is 7.59. The van der Waals surface area contributed by atoms with E-state index in [1.807, 2.05) is 54.2 Å². The first-order valence-electron chi connectivity index (χ1n) is 4.97. The van der Waals surface area contributed by atoms with Gasteiger partial charge in [-0.25, -0.2) is 0 Å². The second kappa shape index (κ2) is 4.09. The lowest BCUT2D eigenvalue weighted by Gasteiger charge is -2.09. The quantitative estimate of drug-likeness (QED) is 0.776. The molecule has 0 saturated carbocycles. The number of nitrogens with two attached hydrogens (primary N) is 1. The van der Waals surface area contributed by atoms with E-state index in [-0.39, 0.29) is 0 Å². The van der Waals surface area contributed by atoms with E-state index in [0.29, 0.717) is 12.3 Å². The summed E-state index contributed by atoms with van der Waals surface area (Å²) in [6.07, 6.45) is 3.96. The van der Waals surface area contributed by atoms with Gasteiger partial charge >= 0.3 is 0 Å². The third kappa shape index (κ3) is 1.96. The SMILES string of the molecule is CCOc1ccc(-n2cccc2)cc1N. The van der Waals surface area contributed by atoms with Crippen molar-refractivity contribution in [1.29, 1.82) is 0 Å². The van der Waals surface area contributed by atoms with Crippen molar-refractivity contribution in [1.82, 2.24) is 4.57 Å². The maximum Gasteiger partial charge on any atom is 0.142 e. The maximum absolute atomic E-state index is 5.88. The zero-order valence-corrected chi connectivity index (χ0v) is 8.68. The van der Waals surface area contributed by atoms with Crippen LogP contribution in [-0.4, -0.2) is 11.2 Å². The van der Waals surface area contributed by atoms with E-state index >= 15 is 0 Å². The molecule has 15 heavy (non-hydrogen) atoms. The lowest BCUT2D eigenvalue weighted by Crippen LogP contribution is -1.98. The average molecular weight is 202 g/mol. The van der Waals surface area contributed by atoms with E-state index in [2.05, 4.69) is 0 Å². The molecule has 1 aromatic heterocycles. The number of nitrogen functional groups attached to an aromatic ring is 1. The van der Waals surface area contributed by atoms with Crippen LogP contribution in [0.15, 0.2) is 42.7 Å². The molecule has 0 spiro atoms. The molecule has 1 heterocycles. The number of hydrogen-bond donors (Lipinski definition) is 1. The normalized spacial score (nSPS) is 10.2. The topological polar surface area (TPSA) is 40.2 Å². The molecule has 0 radical (unpaired) electrons. The summed E-state index contributed by atoms with van der Waals surface area (Å²) in [4.78, 5) is 0. The lowest BCUT2D eigenvalue weighted by atomic mass is 10.2. The Morgan fingerprint density at radius 1 is 1.27 bits per heavy atom. The van der Waals surface area contributed by atoms with Crippen molar-refractivity contribution in [3.63, 3.8) is 0 Å². The number of aromatic nitrogens is 1. The van der Waals surface area contributed by atoms with E-state index in [1.54, 1.807) is 0 Å². The fourth-order valence-corrected chi connectivity index (χ4v) is 1.49. The van der Waals surface area contributed by atoms with Crippen LogP contribution in [0.5, 0.6) is 5.75 Å². The molecular weight excluding hydrogens is 188 g/mol. The van der Waals surface area contributed by atoms with Crippen LogP contribution in [0.25, 0.3) is 5.69 Å². The van der Waals surface area contributed by atoms with Crippen molar-refractivity contribution in [3.8, 4) is 11.4 Å². The van der Waals surface area contributed by atoms with Crippen molar-refractivity contribution in [2.75, 3.05) is 12.3 Å². The van der Waals surface area contributed by atoms with Crippen LogP contribution in [0.1, 0.15) is 6.92 Å². The lowest BCUT2D eigenvalue weighted by molar-refractivity contribution is 0.342. The predicted molar refractivity (Wildman–Crippen MR) is 61.4 cm³/mol. The number of nitrogens with zero attached hydrogens (tertiary/aromatic N) is 1. The van der Waals surface area contributed by atoms with Gasteiger partial charge in [0.1, 0.15) is 5.75 Å². The Morgan fingerprint density at radius 3 is 2.60 bits per heavy atom. The molecule has 3 heteroatoms. The molecule has 0 unspecified atom stereocenters. The van der Waals surface area contributed by atoms with Crippen LogP contribution < -0.4 is 10.5 Å². The van der Waals surface area contributed by atoms with Crippen molar-refractivity contribution in [3.05, 3.63) is 42.7 Å². The summed E-state index contributed by atoms with van der Waals surface area (Å²) in [7, 11) is 0. The molecule has 2 N–H and O–H groups in total. The van der Waals surface area contributed by atoms with E-state index in [0.717, 1.165) is 11.4 Å². The minimum Gasteiger partial charge on any atom is -0.492 e. The highest BCUT2D eigenvalue weighted by Crippen LogP contribution is 2.24. The van der Waals surface area contributed by atoms with E-state index < -0.39 is 0 Å². The van der Waals surface area contributed by atoms with E-state index in [1.165, 1.54) is 0 Å². The number of benzene rings is 1. The summed E-state index contributed by atoms with van der Waals surface area (Å²) in [5.74, 6) is 0.744. The van der Waals surface area contributed by atoms with Crippen LogP contribution in [0.3, 0.4) is 0 Å². The summed E-state index contributed by atoms with van der Waals surface area (Å²) in [5, 5.41) is 0. The molecule has 1 aromatic carbocycles. The van der Waals surface area contributed by atoms with Gasteiger partial charge in [-0.05, 0) is 37.3 Å². The highest BCUT2D eigenvalue weighted by molar-refractivity contribution is 5.58. The standard InChI is InChI=1S/C12H14N2O/c1-2-15-12-6-5-10(9-11(12)13)14-7-3-4-8-14/h3-9H,2,13H2,1H3. The van der Waals surface area contributed by atoms with Gasteiger partial charge in [0.15, 0.2) is 0 Å². The monoisotopic (exact) mass is 202 g/mol. The molecule has 0 aliphatic heterocycles. The van der Waals surface area contributed by atoms with Gasteiger partial charge < -0.3 is 15.0 Å². The van der Waals surface area contributed by atoms with Gasteiger partial charge in [-0.3, -0.25) is 0 Å². The fraction of sp³-hybridized carbons (Fsp3) is 0.167. The number of rotatable bonds is 3. The zero-order valence-electron chi connectivity index (χ0n) is 8.68.